The van der Waals surface area contributed by atoms with E-state index in [1.807, 2.05) is 25.1 Å². The number of amides is 1. The van der Waals surface area contributed by atoms with Gasteiger partial charge in [-0.25, -0.2) is 4.98 Å². The number of alkyl halides is 1. The zero-order valence-electron chi connectivity index (χ0n) is 18.3. The van der Waals surface area contributed by atoms with Crippen LogP contribution >= 0.6 is 11.6 Å². The molecule has 1 aliphatic heterocycles. The van der Waals surface area contributed by atoms with Crippen molar-refractivity contribution in [3.05, 3.63) is 53.5 Å². The molecule has 7 nitrogen and oxygen atoms in total. The molecule has 1 aliphatic carbocycles. The van der Waals surface area contributed by atoms with Gasteiger partial charge in [-0.1, -0.05) is 6.07 Å². The molecular weight excluding hydrogens is 426 g/mol. The van der Waals surface area contributed by atoms with E-state index < -0.39 is 0 Å². The summed E-state index contributed by atoms with van der Waals surface area (Å²) in [7, 11) is 0. The number of anilines is 1. The Bertz CT molecular complexity index is 996. The Morgan fingerprint density at radius 1 is 1.31 bits per heavy atom. The maximum atomic E-state index is 12.9. The number of nitrogens with one attached hydrogen (secondary N) is 2. The van der Waals surface area contributed by atoms with Crippen LogP contribution in [0.3, 0.4) is 0 Å². The van der Waals surface area contributed by atoms with E-state index in [1.165, 1.54) is 0 Å². The average Bonchev–Trinajstić information content (AvgIpc) is 2.78. The number of carbonyl (C=O) groups excluding carboxylic acids is 1. The summed E-state index contributed by atoms with van der Waals surface area (Å²) in [5, 5.41) is 15.5. The normalized spacial score (nSPS) is 28.2. The minimum atomic E-state index is -0.177. The van der Waals surface area contributed by atoms with Crippen molar-refractivity contribution >= 4 is 23.3 Å². The standard InChI is InChI=1S/C24H28ClN5O2/c1-14-16(12-26)6-7-23(28-14)29-15(2)19-9-17-10-20(25)22(11-21(17)30-24(19)31)32-13-18-5-3-4-8-27-18/h3-8,15,17,19-22H,9-11,13H2,1-2H3,(H,28,29)(H,30,31)/t15-,17?,19?,20?,21?,22?/m0/s1. The van der Waals surface area contributed by atoms with Crippen molar-refractivity contribution in [1.82, 2.24) is 15.3 Å². The minimum Gasteiger partial charge on any atom is -0.370 e. The van der Waals surface area contributed by atoms with Gasteiger partial charge in [0.1, 0.15) is 11.9 Å². The van der Waals surface area contributed by atoms with Crippen LogP contribution in [0, 0.1) is 30.1 Å². The first-order valence-electron chi connectivity index (χ1n) is 11.0. The smallest absolute Gasteiger partial charge is 0.225 e. The van der Waals surface area contributed by atoms with E-state index in [2.05, 4.69) is 26.7 Å². The van der Waals surface area contributed by atoms with Crippen molar-refractivity contribution < 1.29 is 9.53 Å². The number of carbonyl (C=O) groups is 1. The van der Waals surface area contributed by atoms with E-state index >= 15 is 0 Å². The van der Waals surface area contributed by atoms with Gasteiger partial charge in [-0.15, -0.1) is 11.6 Å². The molecule has 2 aliphatic rings. The van der Waals surface area contributed by atoms with Gasteiger partial charge in [0.15, 0.2) is 0 Å². The van der Waals surface area contributed by atoms with Crippen LogP contribution < -0.4 is 10.6 Å². The highest BCUT2D eigenvalue weighted by Gasteiger charge is 2.44. The first-order valence-corrected chi connectivity index (χ1v) is 11.5. The predicted octanol–water partition coefficient (Wildman–Crippen LogP) is 3.56. The van der Waals surface area contributed by atoms with Gasteiger partial charge in [0, 0.05) is 18.3 Å². The zero-order chi connectivity index (χ0) is 22.7. The molecule has 1 saturated carbocycles. The Labute approximate surface area is 193 Å². The number of hydrogen-bond acceptors (Lipinski definition) is 6. The van der Waals surface area contributed by atoms with Crippen molar-refractivity contribution in [2.45, 2.75) is 63.3 Å². The van der Waals surface area contributed by atoms with Gasteiger partial charge in [-0.05, 0) is 63.3 Å². The number of hydrogen-bond donors (Lipinski definition) is 2. The number of nitriles is 1. The molecule has 8 heteroatoms. The van der Waals surface area contributed by atoms with E-state index in [0.717, 1.165) is 18.5 Å². The fraction of sp³-hybridized carbons (Fsp3) is 0.500. The van der Waals surface area contributed by atoms with Crippen molar-refractivity contribution in [3.63, 3.8) is 0 Å². The van der Waals surface area contributed by atoms with Crippen LogP contribution in [0.5, 0.6) is 0 Å². The molecule has 6 atom stereocenters. The quantitative estimate of drug-likeness (QED) is 0.648. The summed E-state index contributed by atoms with van der Waals surface area (Å²) in [6.45, 7) is 4.22. The molecule has 1 saturated heterocycles. The fourth-order valence-corrected chi connectivity index (χ4v) is 5.13. The van der Waals surface area contributed by atoms with Crippen LogP contribution in [0.2, 0.25) is 0 Å². The number of halogens is 1. The van der Waals surface area contributed by atoms with Crippen molar-refractivity contribution in [2.75, 3.05) is 5.32 Å². The lowest BCUT2D eigenvalue weighted by Gasteiger charge is -2.45. The molecule has 0 aromatic carbocycles. The lowest BCUT2D eigenvalue weighted by Crippen LogP contribution is -2.57. The van der Waals surface area contributed by atoms with Crippen molar-refractivity contribution in [2.24, 2.45) is 11.8 Å². The number of nitrogens with zero attached hydrogens (tertiary/aromatic N) is 3. The summed E-state index contributed by atoms with van der Waals surface area (Å²) < 4.78 is 6.06. The third-order valence-electron chi connectivity index (χ3n) is 6.56. The van der Waals surface area contributed by atoms with Gasteiger partial charge in [0.05, 0.1) is 41.0 Å². The molecule has 2 aromatic rings. The second-order valence-electron chi connectivity index (χ2n) is 8.75. The van der Waals surface area contributed by atoms with Crippen LogP contribution in [0.1, 0.15) is 43.1 Å². The number of fused-ring (bicyclic) bond motifs is 1. The summed E-state index contributed by atoms with van der Waals surface area (Å²) in [6, 6.07) is 11.4. The number of piperidine rings is 1. The minimum absolute atomic E-state index is 0.0492. The van der Waals surface area contributed by atoms with Crippen LogP contribution in [0.25, 0.3) is 0 Å². The van der Waals surface area contributed by atoms with Gasteiger partial charge >= 0.3 is 0 Å². The molecule has 32 heavy (non-hydrogen) atoms. The molecule has 4 rings (SSSR count). The topological polar surface area (TPSA) is 99.9 Å². The Hall–Kier alpha value is -2.69. The van der Waals surface area contributed by atoms with E-state index in [4.69, 9.17) is 21.6 Å². The lowest BCUT2D eigenvalue weighted by molar-refractivity contribution is -0.131. The molecule has 2 fully saturated rings. The Kier molecular flexibility index (Phi) is 6.92. The van der Waals surface area contributed by atoms with Gasteiger partial charge in [0.2, 0.25) is 5.91 Å². The molecule has 0 bridgehead atoms. The van der Waals surface area contributed by atoms with Gasteiger partial charge in [0.25, 0.3) is 0 Å². The Morgan fingerprint density at radius 3 is 2.88 bits per heavy atom. The Morgan fingerprint density at radius 2 is 2.16 bits per heavy atom. The lowest BCUT2D eigenvalue weighted by atomic mass is 9.73. The molecule has 0 radical (unpaired) electrons. The van der Waals surface area contributed by atoms with Crippen LogP contribution in [0.4, 0.5) is 5.82 Å². The van der Waals surface area contributed by atoms with Gasteiger partial charge in [-0.2, -0.15) is 5.26 Å². The number of aryl methyl sites for hydroxylation is 1. The first-order chi connectivity index (χ1) is 15.4. The first kappa shape index (κ1) is 22.5. The largest absolute Gasteiger partial charge is 0.370 e. The highest BCUT2D eigenvalue weighted by molar-refractivity contribution is 6.21. The third-order valence-corrected chi connectivity index (χ3v) is 7.02. The summed E-state index contributed by atoms with van der Waals surface area (Å²) >= 11 is 6.70. The van der Waals surface area contributed by atoms with Crippen molar-refractivity contribution in [3.8, 4) is 6.07 Å². The third kappa shape index (κ3) is 5.03. The number of aromatic nitrogens is 2. The van der Waals surface area contributed by atoms with E-state index in [9.17, 15) is 4.79 Å². The fourth-order valence-electron chi connectivity index (χ4n) is 4.73. The highest BCUT2D eigenvalue weighted by Crippen LogP contribution is 2.38. The van der Waals surface area contributed by atoms with Gasteiger partial charge in [-0.3, -0.25) is 9.78 Å². The summed E-state index contributed by atoms with van der Waals surface area (Å²) in [5.74, 6) is 0.859. The Balaban J connectivity index is 1.35. The monoisotopic (exact) mass is 453 g/mol. The SMILES string of the molecule is Cc1nc(N[C@@H](C)C2CC3CC(Cl)C(OCc4ccccn4)CC3NC2=O)ccc1C#N. The highest BCUT2D eigenvalue weighted by atomic mass is 35.5. The van der Waals surface area contributed by atoms with Crippen molar-refractivity contribution in [1.29, 1.82) is 5.26 Å². The summed E-state index contributed by atoms with van der Waals surface area (Å²) in [5.41, 5.74) is 2.10. The van der Waals surface area contributed by atoms with Gasteiger partial charge < -0.3 is 15.4 Å². The summed E-state index contributed by atoms with van der Waals surface area (Å²) in [4.78, 5) is 21.7. The molecule has 0 spiro atoms. The maximum absolute atomic E-state index is 12.9. The molecular formula is C24H28ClN5O2. The molecule has 168 valence electrons. The molecule has 1 amide bonds. The van der Waals surface area contributed by atoms with Crippen LogP contribution in [-0.2, 0) is 16.1 Å². The number of ether oxygens (including phenoxy) is 1. The number of pyridine rings is 2. The maximum Gasteiger partial charge on any atom is 0.225 e. The summed E-state index contributed by atoms with van der Waals surface area (Å²) in [6.07, 6.45) is 3.92. The van der Waals surface area contributed by atoms with Crippen LogP contribution in [-0.4, -0.2) is 39.4 Å². The average molecular weight is 454 g/mol. The van der Waals surface area contributed by atoms with Crippen LogP contribution in [0.15, 0.2) is 36.5 Å². The molecule has 3 heterocycles. The predicted molar refractivity (Wildman–Crippen MR) is 122 cm³/mol. The molecule has 2 N–H and O–H groups in total. The van der Waals surface area contributed by atoms with E-state index in [-0.39, 0.29) is 35.4 Å². The zero-order valence-corrected chi connectivity index (χ0v) is 19.0. The van der Waals surface area contributed by atoms with E-state index in [1.54, 1.807) is 25.3 Å². The second kappa shape index (κ2) is 9.85. The second-order valence-corrected chi connectivity index (χ2v) is 9.31. The molecule has 2 aromatic heterocycles. The van der Waals surface area contributed by atoms with E-state index in [0.29, 0.717) is 36.0 Å². The number of rotatable bonds is 6. The molecule has 5 unspecified atom stereocenters.